The van der Waals surface area contributed by atoms with Crippen LogP contribution in [0.2, 0.25) is 0 Å². The summed E-state index contributed by atoms with van der Waals surface area (Å²) >= 11 is 0. The molecular weight excluding hydrogens is 236 g/mol. The highest BCUT2D eigenvalue weighted by Crippen LogP contribution is 2.31. The van der Waals surface area contributed by atoms with Gasteiger partial charge in [0, 0.05) is 50.7 Å². The molecule has 2 aliphatic heterocycles. The molecule has 3 heterocycles. The monoisotopic (exact) mass is 258 g/mol. The zero-order valence-electron chi connectivity index (χ0n) is 11.6. The largest absolute Gasteiger partial charge is 0.303 e. The van der Waals surface area contributed by atoms with Crippen molar-refractivity contribution in [2.24, 2.45) is 11.8 Å². The van der Waals surface area contributed by atoms with Gasteiger partial charge in [0.1, 0.15) is 0 Å². The highest BCUT2D eigenvalue weighted by atomic mass is 15.2. The van der Waals surface area contributed by atoms with Crippen LogP contribution in [0.4, 0.5) is 0 Å². The molecule has 19 heavy (non-hydrogen) atoms. The summed E-state index contributed by atoms with van der Waals surface area (Å²) in [4.78, 5) is 13.7. The molecule has 2 atom stereocenters. The van der Waals surface area contributed by atoms with Gasteiger partial charge in [-0.25, -0.2) is 9.97 Å². The standard InChI is InChI=1S/C15H22N4/c1-3-15-16-5-12(6-17-15)7-19-10-13-8-18(4-2)9-14(13)11-19/h3,5-6,13-14H,1,4,7-11H2,2H3/t13-,14+. The van der Waals surface area contributed by atoms with E-state index in [1.807, 2.05) is 12.4 Å². The first kappa shape index (κ1) is 12.8. The van der Waals surface area contributed by atoms with Crippen LogP contribution in [0.3, 0.4) is 0 Å². The summed E-state index contributed by atoms with van der Waals surface area (Å²) in [5.74, 6) is 2.45. The fourth-order valence-corrected chi connectivity index (χ4v) is 3.38. The van der Waals surface area contributed by atoms with Gasteiger partial charge < -0.3 is 4.90 Å². The van der Waals surface area contributed by atoms with E-state index in [2.05, 4.69) is 33.3 Å². The van der Waals surface area contributed by atoms with E-state index in [-0.39, 0.29) is 0 Å². The van der Waals surface area contributed by atoms with Crippen LogP contribution in [0.1, 0.15) is 18.3 Å². The molecule has 0 aromatic carbocycles. The predicted octanol–water partition coefficient (Wildman–Crippen LogP) is 1.50. The van der Waals surface area contributed by atoms with Gasteiger partial charge >= 0.3 is 0 Å². The van der Waals surface area contributed by atoms with Gasteiger partial charge in [-0.1, -0.05) is 13.5 Å². The minimum Gasteiger partial charge on any atom is -0.303 e. The Morgan fingerprint density at radius 1 is 1.16 bits per heavy atom. The summed E-state index contributed by atoms with van der Waals surface area (Å²) in [6.45, 7) is 13.1. The molecule has 2 saturated heterocycles. The first-order valence-corrected chi connectivity index (χ1v) is 7.16. The Labute approximate surface area is 115 Å². The number of fused-ring (bicyclic) bond motifs is 1. The van der Waals surface area contributed by atoms with Gasteiger partial charge in [0.2, 0.25) is 0 Å². The molecule has 0 amide bonds. The van der Waals surface area contributed by atoms with Crippen molar-refractivity contribution >= 4 is 6.08 Å². The number of hydrogen-bond donors (Lipinski definition) is 0. The second-order valence-electron chi connectivity index (χ2n) is 5.72. The lowest BCUT2D eigenvalue weighted by Gasteiger charge is -2.20. The summed E-state index contributed by atoms with van der Waals surface area (Å²) in [7, 11) is 0. The van der Waals surface area contributed by atoms with Crippen LogP contribution in [0.15, 0.2) is 19.0 Å². The van der Waals surface area contributed by atoms with Crippen LogP contribution in [0.25, 0.3) is 6.08 Å². The molecule has 1 aromatic rings. The second-order valence-corrected chi connectivity index (χ2v) is 5.72. The van der Waals surface area contributed by atoms with Gasteiger partial charge in [-0.3, -0.25) is 4.90 Å². The third-order valence-corrected chi connectivity index (χ3v) is 4.40. The Hall–Kier alpha value is -1.26. The Morgan fingerprint density at radius 3 is 2.26 bits per heavy atom. The van der Waals surface area contributed by atoms with E-state index in [4.69, 9.17) is 0 Å². The fourth-order valence-electron chi connectivity index (χ4n) is 3.38. The number of rotatable bonds is 4. The van der Waals surface area contributed by atoms with Gasteiger partial charge in [-0.05, 0) is 24.5 Å². The fraction of sp³-hybridized carbons (Fsp3) is 0.600. The van der Waals surface area contributed by atoms with Gasteiger partial charge in [-0.2, -0.15) is 0 Å². The van der Waals surface area contributed by atoms with Crippen molar-refractivity contribution in [2.45, 2.75) is 13.5 Å². The smallest absolute Gasteiger partial charge is 0.151 e. The zero-order valence-corrected chi connectivity index (χ0v) is 11.6. The maximum Gasteiger partial charge on any atom is 0.151 e. The highest BCUT2D eigenvalue weighted by Gasteiger charge is 2.39. The average Bonchev–Trinajstić information content (AvgIpc) is 2.97. The summed E-state index contributed by atoms with van der Waals surface area (Å²) in [6.07, 6.45) is 5.54. The lowest BCUT2D eigenvalue weighted by atomic mass is 10.0. The summed E-state index contributed by atoms with van der Waals surface area (Å²) in [5.41, 5.74) is 1.21. The van der Waals surface area contributed by atoms with E-state index in [0.717, 1.165) is 18.4 Å². The van der Waals surface area contributed by atoms with Crippen molar-refractivity contribution in [2.75, 3.05) is 32.7 Å². The molecule has 3 rings (SSSR count). The van der Waals surface area contributed by atoms with E-state index in [9.17, 15) is 0 Å². The van der Waals surface area contributed by atoms with E-state index in [0.29, 0.717) is 5.82 Å². The lowest BCUT2D eigenvalue weighted by molar-refractivity contribution is 0.256. The first-order valence-electron chi connectivity index (χ1n) is 7.16. The molecule has 0 saturated carbocycles. The molecule has 0 unspecified atom stereocenters. The van der Waals surface area contributed by atoms with E-state index < -0.39 is 0 Å². The molecule has 1 aromatic heterocycles. The van der Waals surface area contributed by atoms with Crippen LogP contribution >= 0.6 is 0 Å². The molecule has 102 valence electrons. The lowest BCUT2D eigenvalue weighted by Crippen LogP contribution is -2.28. The van der Waals surface area contributed by atoms with Crippen LogP contribution in [0.5, 0.6) is 0 Å². The molecule has 0 N–H and O–H groups in total. The van der Waals surface area contributed by atoms with Crippen molar-refractivity contribution in [3.05, 3.63) is 30.4 Å². The first-order chi connectivity index (χ1) is 9.28. The quantitative estimate of drug-likeness (QED) is 0.819. The highest BCUT2D eigenvalue weighted by molar-refractivity contribution is 5.35. The average molecular weight is 258 g/mol. The van der Waals surface area contributed by atoms with Gasteiger partial charge in [0.15, 0.2) is 5.82 Å². The van der Waals surface area contributed by atoms with Crippen molar-refractivity contribution in [3.8, 4) is 0 Å². The number of nitrogens with zero attached hydrogens (tertiary/aromatic N) is 4. The Bertz CT molecular complexity index is 428. The predicted molar refractivity (Wildman–Crippen MR) is 76.5 cm³/mol. The molecule has 0 radical (unpaired) electrons. The topological polar surface area (TPSA) is 32.3 Å². The van der Waals surface area contributed by atoms with Gasteiger partial charge in [0.25, 0.3) is 0 Å². The van der Waals surface area contributed by atoms with E-state index in [1.54, 1.807) is 6.08 Å². The molecule has 2 fully saturated rings. The summed E-state index contributed by atoms with van der Waals surface area (Å²) in [6, 6.07) is 0. The van der Waals surface area contributed by atoms with Gasteiger partial charge in [0.05, 0.1) is 0 Å². The minimum absolute atomic E-state index is 0.709. The molecule has 0 aliphatic carbocycles. The van der Waals surface area contributed by atoms with Crippen molar-refractivity contribution in [1.29, 1.82) is 0 Å². The van der Waals surface area contributed by atoms with Crippen LogP contribution in [-0.2, 0) is 6.54 Å². The van der Waals surface area contributed by atoms with Crippen molar-refractivity contribution < 1.29 is 0 Å². The molecule has 4 nitrogen and oxygen atoms in total. The normalized spacial score (nSPS) is 27.6. The summed E-state index contributed by atoms with van der Waals surface area (Å²) < 4.78 is 0. The summed E-state index contributed by atoms with van der Waals surface area (Å²) in [5, 5.41) is 0. The maximum atomic E-state index is 4.27. The van der Waals surface area contributed by atoms with Crippen molar-refractivity contribution in [1.82, 2.24) is 19.8 Å². The van der Waals surface area contributed by atoms with Crippen molar-refractivity contribution in [3.63, 3.8) is 0 Å². The Balaban J connectivity index is 1.56. The van der Waals surface area contributed by atoms with E-state index in [1.165, 1.54) is 38.3 Å². The SMILES string of the molecule is C=Cc1ncc(CN2C[C@H]3CN(CC)C[C@H]3C2)cn1. The van der Waals surface area contributed by atoms with E-state index >= 15 is 0 Å². The van der Waals surface area contributed by atoms with Crippen LogP contribution in [0, 0.1) is 11.8 Å². The van der Waals surface area contributed by atoms with Crippen LogP contribution in [-0.4, -0.2) is 52.5 Å². The minimum atomic E-state index is 0.709. The zero-order chi connectivity index (χ0) is 13.2. The Kier molecular flexibility index (Phi) is 3.62. The molecule has 4 heteroatoms. The third-order valence-electron chi connectivity index (χ3n) is 4.40. The molecule has 2 aliphatic rings. The number of aromatic nitrogens is 2. The second kappa shape index (κ2) is 5.39. The van der Waals surface area contributed by atoms with Gasteiger partial charge in [-0.15, -0.1) is 0 Å². The number of hydrogen-bond acceptors (Lipinski definition) is 4. The maximum absolute atomic E-state index is 4.27. The Morgan fingerprint density at radius 2 is 1.74 bits per heavy atom. The molecule has 0 spiro atoms. The van der Waals surface area contributed by atoms with Crippen LogP contribution < -0.4 is 0 Å². The number of likely N-dealkylation sites (tertiary alicyclic amines) is 2. The third kappa shape index (κ3) is 2.69. The molecular formula is C15H22N4. The molecule has 0 bridgehead atoms.